The molecule has 5 heteroatoms. The molecule has 0 spiro atoms. The van der Waals surface area contributed by atoms with E-state index in [-0.39, 0.29) is 16.7 Å². The van der Waals surface area contributed by atoms with Crippen molar-refractivity contribution in [2.75, 3.05) is 11.4 Å². The van der Waals surface area contributed by atoms with Crippen LogP contribution in [0.4, 0.5) is 11.4 Å². The van der Waals surface area contributed by atoms with Gasteiger partial charge in [0.1, 0.15) is 0 Å². The van der Waals surface area contributed by atoms with Gasteiger partial charge in [-0.3, -0.25) is 10.1 Å². The van der Waals surface area contributed by atoms with E-state index >= 15 is 0 Å². The van der Waals surface area contributed by atoms with Crippen LogP contribution in [-0.4, -0.2) is 11.5 Å². The molecule has 146 valence electrons. The Hall–Kier alpha value is -2.15. The fourth-order valence-electron chi connectivity index (χ4n) is 6.11. The molecule has 0 fully saturated rings. The van der Waals surface area contributed by atoms with Crippen LogP contribution in [0, 0.1) is 25.5 Å². The van der Waals surface area contributed by atoms with Crippen LogP contribution in [0.25, 0.3) is 0 Å². The van der Waals surface area contributed by atoms with Crippen molar-refractivity contribution in [2.45, 2.75) is 30.7 Å². The Kier molecular flexibility index (Phi) is 3.92. The van der Waals surface area contributed by atoms with E-state index < -0.39 is 0 Å². The molecular formula is C24H21IN2O2. The maximum Gasteiger partial charge on any atom is 0.269 e. The zero-order valence-electron chi connectivity index (χ0n) is 15.9. The van der Waals surface area contributed by atoms with E-state index in [0.29, 0.717) is 23.7 Å². The summed E-state index contributed by atoms with van der Waals surface area (Å²) in [5.74, 6) is 2.06. The molecule has 2 aliphatic carbocycles. The van der Waals surface area contributed by atoms with E-state index in [4.69, 9.17) is 0 Å². The molecule has 0 saturated heterocycles. The molecule has 6 rings (SSSR count). The van der Waals surface area contributed by atoms with E-state index in [1.54, 1.807) is 12.1 Å². The summed E-state index contributed by atoms with van der Waals surface area (Å²) in [6, 6.07) is 12.3. The summed E-state index contributed by atoms with van der Waals surface area (Å²) < 4.78 is 1.32. The normalized spacial score (nSPS) is 30.8. The van der Waals surface area contributed by atoms with Gasteiger partial charge in [0.2, 0.25) is 0 Å². The Labute approximate surface area is 183 Å². The van der Waals surface area contributed by atoms with Crippen LogP contribution in [0.1, 0.15) is 47.4 Å². The van der Waals surface area contributed by atoms with Crippen LogP contribution < -0.4 is 4.90 Å². The van der Waals surface area contributed by atoms with Crippen molar-refractivity contribution >= 4 is 34.0 Å². The second kappa shape index (κ2) is 6.42. The van der Waals surface area contributed by atoms with E-state index in [1.807, 2.05) is 12.1 Å². The highest BCUT2D eigenvalue weighted by Crippen LogP contribution is 2.58. The summed E-state index contributed by atoms with van der Waals surface area (Å²) in [6.07, 6.45) is 11.7. The standard InChI is InChI=1S/C24H21IN2O2/c25-16-11-21-18-4-1-3-15(18)13-26-23(14-7-9-17(10-8-14)27(28)29)20-6-2-5-19(20)22(12-16)24(21)26/h1-2,4-5,7-12,15,18-20,23H,3,6,13H2/t15-,18-,19+,20-,23+/m0/s1. The SMILES string of the molecule is O=[N+]([O-])c1ccc([C@@H]2[C@H]3CC=C[C@H]3c3cc(I)cc4c3N2C[C@@H]2CC=C[C@H]42)cc1. The van der Waals surface area contributed by atoms with Gasteiger partial charge in [-0.2, -0.15) is 0 Å². The summed E-state index contributed by atoms with van der Waals surface area (Å²) in [4.78, 5) is 13.5. The number of halogens is 1. The Morgan fingerprint density at radius 1 is 1.00 bits per heavy atom. The zero-order valence-corrected chi connectivity index (χ0v) is 18.0. The fourth-order valence-corrected chi connectivity index (χ4v) is 6.78. The van der Waals surface area contributed by atoms with Crippen molar-refractivity contribution in [3.8, 4) is 0 Å². The predicted octanol–water partition coefficient (Wildman–Crippen LogP) is 6.09. The third-order valence-corrected chi connectivity index (χ3v) is 7.88. The predicted molar refractivity (Wildman–Crippen MR) is 122 cm³/mol. The van der Waals surface area contributed by atoms with Crippen molar-refractivity contribution < 1.29 is 4.92 Å². The molecule has 2 aliphatic heterocycles. The number of nitro groups is 1. The second-order valence-electron chi connectivity index (χ2n) is 8.68. The van der Waals surface area contributed by atoms with Crippen LogP contribution in [0.15, 0.2) is 60.7 Å². The minimum absolute atomic E-state index is 0.167. The van der Waals surface area contributed by atoms with Crippen molar-refractivity contribution in [2.24, 2.45) is 11.8 Å². The molecular weight excluding hydrogens is 475 g/mol. The third-order valence-electron chi connectivity index (χ3n) is 7.26. The Morgan fingerprint density at radius 3 is 2.45 bits per heavy atom. The number of allylic oxidation sites excluding steroid dienone is 4. The van der Waals surface area contributed by atoms with Gasteiger partial charge in [-0.15, -0.1) is 0 Å². The van der Waals surface area contributed by atoms with E-state index in [0.717, 1.165) is 19.4 Å². The summed E-state index contributed by atoms with van der Waals surface area (Å²) in [7, 11) is 0. The number of anilines is 1. The monoisotopic (exact) mass is 496 g/mol. The minimum atomic E-state index is -0.310. The molecule has 4 nitrogen and oxygen atoms in total. The summed E-state index contributed by atoms with van der Waals surface area (Å²) in [5, 5.41) is 11.1. The largest absolute Gasteiger partial charge is 0.363 e. The van der Waals surface area contributed by atoms with E-state index in [2.05, 4.69) is 63.9 Å². The highest BCUT2D eigenvalue weighted by atomic mass is 127. The number of rotatable bonds is 2. The van der Waals surface area contributed by atoms with Gasteiger partial charge in [0.05, 0.1) is 11.0 Å². The molecule has 5 atom stereocenters. The molecule has 4 aliphatic rings. The van der Waals surface area contributed by atoms with Crippen molar-refractivity contribution in [1.82, 2.24) is 0 Å². The Bertz CT molecular complexity index is 1060. The van der Waals surface area contributed by atoms with E-state index in [1.165, 1.54) is 25.9 Å². The first-order valence-corrected chi connectivity index (χ1v) is 11.4. The maximum absolute atomic E-state index is 11.1. The van der Waals surface area contributed by atoms with Crippen molar-refractivity contribution in [3.63, 3.8) is 0 Å². The Balaban J connectivity index is 1.54. The van der Waals surface area contributed by atoms with Gasteiger partial charge >= 0.3 is 0 Å². The van der Waals surface area contributed by atoms with Crippen LogP contribution in [-0.2, 0) is 0 Å². The average Bonchev–Trinajstić information content (AvgIpc) is 3.37. The second-order valence-corrected chi connectivity index (χ2v) is 9.93. The van der Waals surface area contributed by atoms with Gasteiger partial charge in [-0.1, -0.05) is 36.4 Å². The molecule has 29 heavy (non-hydrogen) atoms. The molecule has 0 aromatic heterocycles. The minimum Gasteiger partial charge on any atom is -0.363 e. The number of hydrogen-bond donors (Lipinski definition) is 0. The summed E-state index contributed by atoms with van der Waals surface area (Å²) in [5.41, 5.74) is 5.74. The first-order chi connectivity index (χ1) is 14.1. The maximum atomic E-state index is 11.1. The van der Waals surface area contributed by atoms with Crippen molar-refractivity contribution in [1.29, 1.82) is 0 Å². The topological polar surface area (TPSA) is 46.4 Å². The number of non-ortho nitro benzene ring substituents is 1. The van der Waals surface area contributed by atoms with Gasteiger partial charge < -0.3 is 4.90 Å². The number of hydrogen-bond acceptors (Lipinski definition) is 3. The molecule has 2 heterocycles. The van der Waals surface area contributed by atoms with Gasteiger partial charge in [-0.25, -0.2) is 0 Å². The molecule has 2 aromatic carbocycles. The first kappa shape index (κ1) is 17.7. The highest BCUT2D eigenvalue weighted by molar-refractivity contribution is 14.1. The van der Waals surface area contributed by atoms with Gasteiger partial charge in [0, 0.05) is 39.8 Å². The molecule has 0 N–H and O–H groups in total. The number of nitro benzene ring substituents is 1. The summed E-state index contributed by atoms with van der Waals surface area (Å²) in [6.45, 7) is 1.06. The summed E-state index contributed by atoms with van der Waals surface area (Å²) >= 11 is 2.47. The van der Waals surface area contributed by atoms with Crippen LogP contribution in [0.2, 0.25) is 0 Å². The third kappa shape index (κ3) is 2.56. The lowest BCUT2D eigenvalue weighted by Gasteiger charge is -2.51. The zero-order chi connectivity index (χ0) is 19.7. The van der Waals surface area contributed by atoms with Gasteiger partial charge in [0.25, 0.3) is 5.69 Å². The molecule has 0 saturated carbocycles. The lowest BCUT2D eigenvalue weighted by Crippen LogP contribution is -2.46. The average molecular weight is 496 g/mol. The van der Waals surface area contributed by atoms with Crippen LogP contribution >= 0.6 is 22.6 Å². The number of benzene rings is 2. The quantitative estimate of drug-likeness (QED) is 0.219. The fraction of sp³-hybridized carbons (Fsp3) is 0.333. The van der Waals surface area contributed by atoms with Gasteiger partial charge in [0.15, 0.2) is 0 Å². The Morgan fingerprint density at radius 2 is 1.69 bits per heavy atom. The molecule has 0 unspecified atom stereocenters. The van der Waals surface area contributed by atoms with Crippen LogP contribution in [0.5, 0.6) is 0 Å². The number of fused-ring (bicyclic) bond motifs is 4. The van der Waals surface area contributed by atoms with Gasteiger partial charge in [-0.05, 0) is 76.1 Å². The smallest absolute Gasteiger partial charge is 0.269 e. The highest BCUT2D eigenvalue weighted by Gasteiger charge is 2.47. The lowest BCUT2D eigenvalue weighted by molar-refractivity contribution is -0.384. The van der Waals surface area contributed by atoms with Crippen molar-refractivity contribution in [3.05, 3.63) is 91.1 Å². The molecule has 2 aromatic rings. The number of nitrogens with zero attached hydrogens (tertiary/aromatic N) is 2. The molecule has 0 radical (unpaired) electrons. The first-order valence-electron chi connectivity index (χ1n) is 10.3. The lowest BCUT2D eigenvalue weighted by atomic mass is 9.71. The molecule has 0 bridgehead atoms. The van der Waals surface area contributed by atoms with Crippen LogP contribution in [0.3, 0.4) is 0 Å². The van der Waals surface area contributed by atoms with E-state index in [9.17, 15) is 10.1 Å². The molecule has 0 amide bonds.